The van der Waals surface area contributed by atoms with Gasteiger partial charge in [0, 0.05) is 12.1 Å². The summed E-state index contributed by atoms with van der Waals surface area (Å²) in [6.07, 6.45) is 9.90. The number of unbranched alkanes of at least 4 members (excludes halogenated alkanes) is 1. The van der Waals surface area contributed by atoms with Crippen molar-refractivity contribution in [2.45, 2.75) is 65.2 Å². The molecule has 0 unspecified atom stereocenters. The van der Waals surface area contributed by atoms with Crippen molar-refractivity contribution < 1.29 is 4.57 Å². The topological polar surface area (TPSA) is 3.88 Å². The summed E-state index contributed by atoms with van der Waals surface area (Å²) in [6, 6.07) is 13.5. The molecule has 1 heterocycles. The van der Waals surface area contributed by atoms with Gasteiger partial charge < -0.3 is 0 Å². The lowest BCUT2D eigenvalue weighted by Gasteiger charge is -2.29. The Bertz CT molecular complexity index is 680. The second kappa shape index (κ2) is 8.28. The summed E-state index contributed by atoms with van der Waals surface area (Å²) in [5.41, 5.74) is 5.68. The number of hydrogen-bond donors (Lipinski definition) is 0. The van der Waals surface area contributed by atoms with Gasteiger partial charge in [-0.05, 0) is 60.9 Å². The van der Waals surface area contributed by atoms with Crippen LogP contribution in [-0.2, 0) is 11.8 Å². The van der Waals surface area contributed by atoms with Crippen LogP contribution in [0, 0.1) is 0 Å². The van der Waals surface area contributed by atoms with E-state index >= 15 is 0 Å². The maximum Gasteiger partial charge on any atom is 0.218 e. The minimum absolute atomic E-state index is 0.202. The second-order valence-electron chi connectivity index (χ2n) is 6.93. The maximum atomic E-state index is 3.98. The van der Waals surface area contributed by atoms with Gasteiger partial charge in [-0.25, -0.2) is 0 Å². The smallest absolute Gasteiger partial charge is 0.167 e. The van der Waals surface area contributed by atoms with E-state index in [1.54, 1.807) is 0 Å². The predicted octanol–water partition coefficient (Wildman–Crippen LogP) is 6.16. The number of nitrogens with zero attached hydrogens (tertiary/aromatic N) is 1. The summed E-state index contributed by atoms with van der Waals surface area (Å²) < 4.78 is 2.13. The van der Waals surface area contributed by atoms with E-state index in [1.165, 1.54) is 35.2 Å². The van der Waals surface area contributed by atoms with Gasteiger partial charge in [-0.15, -0.1) is 0 Å². The molecule has 0 saturated heterocycles. The van der Waals surface area contributed by atoms with Gasteiger partial charge in [0.2, 0.25) is 5.69 Å². The third-order valence-corrected chi connectivity index (χ3v) is 5.48. The van der Waals surface area contributed by atoms with Crippen LogP contribution in [0.5, 0.6) is 0 Å². The number of rotatable bonds is 8. The minimum atomic E-state index is 0.202. The van der Waals surface area contributed by atoms with Gasteiger partial charge in [0.1, 0.15) is 0 Å². The third kappa shape index (κ3) is 3.77. The van der Waals surface area contributed by atoms with Gasteiger partial charge in [-0.2, -0.15) is 4.57 Å². The van der Waals surface area contributed by atoms with E-state index in [0.717, 1.165) is 19.3 Å². The van der Waals surface area contributed by atoms with Crippen LogP contribution in [0.2, 0.25) is 0 Å². The van der Waals surface area contributed by atoms with Crippen molar-refractivity contribution in [1.82, 2.24) is 0 Å². The van der Waals surface area contributed by atoms with Crippen LogP contribution < -0.4 is 4.57 Å². The summed E-state index contributed by atoms with van der Waals surface area (Å²) >= 11 is 0. The van der Waals surface area contributed by atoms with E-state index in [0.29, 0.717) is 0 Å². The molecule has 0 saturated carbocycles. The van der Waals surface area contributed by atoms with Crippen molar-refractivity contribution in [1.29, 1.82) is 0 Å². The Balaban J connectivity index is 2.66. The Morgan fingerprint density at radius 1 is 1.08 bits per heavy atom. The molecule has 1 aromatic carbocycles. The standard InChI is InChI=1S/C23H32N/c1-6-10-13-19-15-16-21(23(5,7-2)8-3)20(18-19)22-14-11-12-17-24(22)9-4/h9,11-12,14-18H,4,6-8,10,13H2,1-3,5H3/q+1. The molecule has 1 nitrogen and oxygen atoms in total. The van der Waals surface area contributed by atoms with Crippen LogP contribution in [0.4, 0.5) is 0 Å². The number of hydrogen-bond acceptors (Lipinski definition) is 0. The molecule has 2 rings (SSSR count). The number of aromatic nitrogens is 1. The van der Waals surface area contributed by atoms with Gasteiger partial charge in [-0.3, -0.25) is 0 Å². The molecule has 0 atom stereocenters. The summed E-state index contributed by atoms with van der Waals surface area (Å²) in [5.74, 6) is 0. The number of benzene rings is 1. The van der Waals surface area contributed by atoms with Gasteiger partial charge in [0.05, 0.1) is 5.56 Å². The molecule has 0 bridgehead atoms. The van der Waals surface area contributed by atoms with Crippen LogP contribution >= 0.6 is 0 Å². The normalized spacial score (nSPS) is 11.5. The maximum absolute atomic E-state index is 3.98. The van der Waals surface area contributed by atoms with Crippen molar-refractivity contribution >= 4 is 6.20 Å². The fourth-order valence-corrected chi connectivity index (χ4v) is 3.34. The monoisotopic (exact) mass is 322 g/mol. The van der Waals surface area contributed by atoms with E-state index in [1.807, 2.05) is 6.20 Å². The lowest BCUT2D eigenvalue weighted by Crippen LogP contribution is -2.30. The van der Waals surface area contributed by atoms with Crippen molar-refractivity contribution in [3.63, 3.8) is 0 Å². The van der Waals surface area contributed by atoms with Crippen LogP contribution in [0.25, 0.3) is 17.5 Å². The van der Waals surface area contributed by atoms with Crippen LogP contribution in [0.1, 0.15) is 64.5 Å². The zero-order chi connectivity index (χ0) is 17.6. The lowest BCUT2D eigenvalue weighted by molar-refractivity contribution is -0.555. The van der Waals surface area contributed by atoms with Crippen LogP contribution in [0.15, 0.2) is 49.2 Å². The molecule has 2 aromatic rings. The summed E-state index contributed by atoms with van der Waals surface area (Å²) in [5, 5.41) is 0. The van der Waals surface area contributed by atoms with Gasteiger partial charge in [0.25, 0.3) is 0 Å². The molecule has 0 N–H and O–H groups in total. The Hall–Kier alpha value is -1.89. The van der Waals surface area contributed by atoms with Crippen molar-refractivity contribution in [2.24, 2.45) is 0 Å². The molecule has 0 amide bonds. The highest BCUT2D eigenvalue weighted by Crippen LogP contribution is 2.37. The Morgan fingerprint density at radius 3 is 2.46 bits per heavy atom. The molecule has 0 aliphatic rings. The molecule has 0 radical (unpaired) electrons. The van der Waals surface area contributed by atoms with Crippen molar-refractivity contribution in [3.8, 4) is 11.3 Å². The first kappa shape index (κ1) is 18.4. The molecule has 0 spiro atoms. The molecular weight excluding hydrogens is 290 g/mol. The quantitative estimate of drug-likeness (QED) is 0.512. The van der Waals surface area contributed by atoms with Gasteiger partial charge in [-0.1, -0.05) is 46.2 Å². The average molecular weight is 323 g/mol. The van der Waals surface area contributed by atoms with Crippen molar-refractivity contribution in [2.75, 3.05) is 0 Å². The Labute approximate surface area is 148 Å². The SMILES string of the molecule is C=C[n+]1ccccc1-c1cc(CCCC)ccc1C(C)(CC)CC. The first-order valence-electron chi connectivity index (χ1n) is 9.36. The van der Waals surface area contributed by atoms with E-state index < -0.39 is 0 Å². The average Bonchev–Trinajstić information content (AvgIpc) is 2.65. The highest BCUT2D eigenvalue weighted by Gasteiger charge is 2.28. The molecule has 1 heteroatoms. The number of aryl methyl sites for hydroxylation is 1. The fourth-order valence-electron chi connectivity index (χ4n) is 3.34. The van der Waals surface area contributed by atoms with Crippen molar-refractivity contribution in [3.05, 3.63) is 60.3 Å². The molecule has 0 aliphatic heterocycles. The van der Waals surface area contributed by atoms with Gasteiger partial charge in [0.15, 0.2) is 12.4 Å². The summed E-state index contributed by atoms with van der Waals surface area (Å²) in [7, 11) is 0. The zero-order valence-corrected chi connectivity index (χ0v) is 15.8. The molecular formula is C23H32N+. The lowest BCUT2D eigenvalue weighted by atomic mass is 9.74. The molecule has 24 heavy (non-hydrogen) atoms. The first-order chi connectivity index (χ1) is 11.6. The summed E-state index contributed by atoms with van der Waals surface area (Å²) in [4.78, 5) is 0. The molecule has 128 valence electrons. The number of pyridine rings is 1. The third-order valence-electron chi connectivity index (χ3n) is 5.48. The zero-order valence-electron chi connectivity index (χ0n) is 15.8. The second-order valence-corrected chi connectivity index (χ2v) is 6.93. The van der Waals surface area contributed by atoms with Crippen LogP contribution in [-0.4, -0.2) is 0 Å². The van der Waals surface area contributed by atoms with Crippen LogP contribution in [0.3, 0.4) is 0 Å². The Kier molecular flexibility index (Phi) is 6.36. The Morgan fingerprint density at radius 2 is 1.83 bits per heavy atom. The molecule has 0 fully saturated rings. The largest absolute Gasteiger partial charge is 0.218 e. The highest BCUT2D eigenvalue weighted by molar-refractivity contribution is 5.65. The van der Waals surface area contributed by atoms with E-state index in [9.17, 15) is 0 Å². The van der Waals surface area contributed by atoms with Gasteiger partial charge >= 0.3 is 0 Å². The predicted molar refractivity (Wildman–Crippen MR) is 105 cm³/mol. The first-order valence-corrected chi connectivity index (χ1v) is 9.36. The van der Waals surface area contributed by atoms with E-state index in [-0.39, 0.29) is 5.41 Å². The van der Waals surface area contributed by atoms with E-state index in [2.05, 4.69) is 81.4 Å². The molecule has 0 aliphatic carbocycles. The minimum Gasteiger partial charge on any atom is -0.167 e. The molecule has 1 aromatic heterocycles. The fraction of sp³-hybridized carbons (Fsp3) is 0.435. The highest BCUT2D eigenvalue weighted by atomic mass is 14.9. The van der Waals surface area contributed by atoms with E-state index in [4.69, 9.17) is 0 Å². The summed E-state index contributed by atoms with van der Waals surface area (Å²) in [6.45, 7) is 13.2.